The Morgan fingerprint density at radius 1 is 1.16 bits per heavy atom. The van der Waals surface area contributed by atoms with Gasteiger partial charge in [-0.3, -0.25) is 0 Å². The molecule has 3 rings (SSSR count). The Balaban J connectivity index is 1.62. The molecule has 1 aromatic carbocycles. The van der Waals surface area contributed by atoms with Crippen LogP contribution in [0.2, 0.25) is 0 Å². The van der Waals surface area contributed by atoms with Gasteiger partial charge in [-0.1, -0.05) is 18.6 Å². The van der Waals surface area contributed by atoms with E-state index >= 15 is 0 Å². The summed E-state index contributed by atoms with van der Waals surface area (Å²) in [4.78, 5) is 1.71. The van der Waals surface area contributed by atoms with Crippen molar-refractivity contribution in [1.82, 2.24) is 5.32 Å². The van der Waals surface area contributed by atoms with Crippen molar-refractivity contribution in [3.8, 4) is 0 Å². The number of rotatable bonds is 4. The van der Waals surface area contributed by atoms with Crippen molar-refractivity contribution in [3.05, 3.63) is 29.3 Å². The van der Waals surface area contributed by atoms with Gasteiger partial charge in [0.25, 0.3) is 0 Å². The smallest absolute Gasteiger partial charge is 0.171 e. The van der Waals surface area contributed by atoms with Crippen molar-refractivity contribution >= 4 is 23.0 Å². The molecule has 138 valence electrons. The highest BCUT2D eigenvalue weighted by Crippen LogP contribution is 2.25. The van der Waals surface area contributed by atoms with Gasteiger partial charge in [0.2, 0.25) is 0 Å². The third-order valence-corrected chi connectivity index (χ3v) is 6.13. The largest absolute Gasteiger partial charge is 0.370 e. The summed E-state index contributed by atoms with van der Waals surface area (Å²) in [5, 5.41) is 7.68. The highest BCUT2D eigenvalue weighted by molar-refractivity contribution is 7.80. The molecule has 0 amide bonds. The third kappa shape index (κ3) is 4.72. The molecule has 0 bridgehead atoms. The number of aryl methyl sites for hydroxylation is 2. The van der Waals surface area contributed by atoms with E-state index in [4.69, 9.17) is 17.0 Å². The first kappa shape index (κ1) is 18.6. The van der Waals surface area contributed by atoms with E-state index < -0.39 is 0 Å². The lowest BCUT2D eigenvalue weighted by molar-refractivity contribution is -0.960. The minimum Gasteiger partial charge on any atom is -0.370 e. The van der Waals surface area contributed by atoms with E-state index in [0.717, 1.165) is 43.6 Å². The summed E-state index contributed by atoms with van der Waals surface area (Å²) >= 11 is 5.60. The zero-order valence-electron chi connectivity index (χ0n) is 15.6. The summed E-state index contributed by atoms with van der Waals surface area (Å²) in [7, 11) is 0. The number of quaternary nitrogens is 1. The van der Waals surface area contributed by atoms with Crippen LogP contribution in [0.4, 0.5) is 5.69 Å². The molecule has 4 nitrogen and oxygen atoms in total. The lowest BCUT2D eigenvalue weighted by Gasteiger charge is -2.45. The Bertz CT molecular complexity index is 593. The van der Waals surface area contributed by atoms with Gasteiger partial charge in [-0.25, -0.2) is 0 Å². The SMILES string of the molecule is Cc1ccc(C)c(NC(=S)NCC2([NH+]3CCOCC3)CCCCC2)c1. The Morgan fingerprint density at radius 3 is 2.60 bits per heavy atom. The Morgan fingerprint density at radius 2 is 1.88 bits per heavy atom. The molecule has 1 saturated heterocycles. The Kier molecular flexibility index (Phi) is 6.31. The quantitative estimate of drug-likeness (QED) is 0.718. The molecular weight excluding hydrogens is 330 g/mol. The third-order valence-electron chi connectivity index (χ3n) is 5.89. The highest BCUT2D eigenvalue weighted by atomic mass is 32.1. The number of hydrogen-bond acceptors (Lipinski definition) is 2. The van der Waals surface area contributed by atoms with Crippen molar-refractivity contribution in [2.24, 2.45) is 0 Å². The van der Waals surface area contributed by atoms with Crippen molar-refractivity contribution in [2.45, 2.75) is 51.5 Å². The minimum atomic E-state index is 0.315. The zero-order valence-corrected chi connectivity index (χ0v) is 16.4. The van der Waals surface area contributed by atoms with Crippen molar-refractivity contribution in [2.75, 3.05) is 38.2 Å². The number of hydrogen-bond donors (Lipinski definition) is 3. The van der Waals surface area contributed by atoms with Gasteiger partial charge in [-0.15, -0.1) is 0 Å². The van der Waals surface area contributed by atoms with Gasteiger partial charge in [-0.05, 0) is 56.1 Å². The molecule has 3 N–H and O–H groups in total. The molecule has 2 aliphatic rings. The zero-order chi connectivity index (χ0) is 17.7. The fourth-order valence-electron chi connectivity index (χ4n) is 4.32. The maximum atomic E-state index is 5.60. The molecule has 0 radical (unpaired) electrons. The summed E-state index contributed by atoms with van der Waals surface area (Å²) < 4.78 is 5.59. The summed E-state index contributed by atoms with van der Waals surface area (Å²) in [6, 6.07) is 6.43. The fourth-order valence-corrected chi connectivity index (χ4v) is 4.50. The van der Waals surface area contributed by atoms with Crippen LogP contribution < -0.4 is 15.5 Å². The first-order valence-corrected chi connectivity index (χ1v) is 10.0. The summed E-state index contributed by atoms with van der Waals surface area (Å²) in [5.41, 5.74) is 3.89. The van der Waals surface area contributed by atoms with Gasteiger partial charge >= 0.3 is 0 Å². The number of morpholine rings is 1. The number of benzene rings is 1. The Labute approximate surface area is 157 Å². The fraction of sp³-hybridized carbons (Fsp3) is 0.650. The average molecular weight is 363 g/mol. The van der Waals surface area contributed by atoms with Crippen molar-refractivity contribution < 1.29 is 9.64 Å². The van der Waals surface area contributed by atoms with Crippen molar-refractivity contribution in [3.63, 3.8) is 0 Å². The van der Waals surface area contributed by atoms with Gasteiger partial charge in [0.1, 0.15) is 18.6 Å². The standard InChI is InChI=1S/C20H31N3OS/c1-16-6-7-17(2)18(14-16)22-19(25)21-15-20(8-4-3-5-9-20)23-10-12-24-13-11-23/h6-7,14H,3-5,8-13,15H2,1-2H3,(H2,21,22,25)/p+1. The Hall–Kier alpha value is -1.17. The monoisotopic (exact) mass is 362 g/mol. The summed E-state index contributed by atoms with van der Waals surface area (Å²) in [5.74, 6) is 0. The number of ether oxygens (including phenoxy) is 1. The van der Waals surface area contributed by atoms with Gasteiger partial charge in [0, 0.05) is 18.5 Å². The van der Waals surface area contributed by atoms with Gasteiger partial charge < -0.3 is 20.3 Å². The molecule has 0 aromatic heterocycles. The van der Waals surface area contributed by atoms with E-state index in [2.05, 4.69) is 42.7 Å². The van der Waals surface area contributed by atoms with E-state index in [1.165, 1.54) is 43.2 Å². The molecule has 0 unspecified atom stereocenters. The predicted octanol–water partition coefficient (Wildman–Crippen LogP) is 2.21. The van der Waals surface area contributed by atoms with Crippen LogP contribution in [0.15, 0.2) is 18.2 Å². The molecule has 0 spiro atoms. The second-order valence-corrected chi connectivity index (χ2v) is 8.09. The normalized spacial score (nSPS) is 20.9. The van der Waals surface area contributed by atoms with Crippen LogP contribution in [0.25, 0.3) is 0 Å². The number of anilines is 1. The van der Waals surface area contributed by atoms with E-state index in [1.807, 2.05) is 0 Å². The topological polar surface area (TPSA) is 37.7 Å². The highest BCUT2D eigenvalue weighted by Gasteiger charge is 2.42. The van der Waals surface area contributed by atoms with E-state index in [-0.39, 0.29) is 0 Å². The summed E-state index contributed by atoms with van der Waals surface area (Å²) in [6.45, 7) is 9.21. The van der Waals surface area contributed by atoms with Gasteiger partial charge in [0.05, 0.1) is 19.8 Å². The van der Waals surface area contributed by atoms with Crippen LogP contribution in [0, 0.1) is 13.8 Å². The van der Waals surface area contributed by atoms with E-state index in [9.17, 15) is 0 Å². The molecule has 1 saturated carbocycles. The molecular formula is C20H32N3OS+. The molecule has 1 aliphatic heterocycles. The first-order valence-electron chi connectivity index (χ1n) is 9.64. The van der Waals surface area contributed by atoms with Crippen LogP contribution in [0.3, 0.4) is 0 Å². The molecule has 0 atom stereocenters. The van der Waals surface area contributed by atoms with Crippen LogP contribution in [0.1, 0.15) is 43.2 Å². The molecule has 2 fully saturated rings. The maximum Gasteiger partial charge on any atom is 0.171 e. The van der Waals surface area contributed by atoms with Gasteiger partial charge in [-0.2, -0.15) is 0 Å². The first-order chi connectivity index (χ1) is 12.1. The number of nitrogens with one attached hydrogen (secondary N) is 3. The molecule has 1 aromatic rings. The second kappa shape index (κ2) is 8.47. The van der Waals surface area contributed by atoms with Crippen LogP contribution in [-0.2, 0) is 4.74 Å². The van der Waals surface area contributed by atoms with Crippen molar-refractivity contribution in [1.29, 1.82) is 0 Å². The second-order valence-electron chi connectivity index (χ2n) is 7.68. The van der Waals surface area contributed by atoms with Crippen LogP contribution in [-0.4, -0.2) is 43.5 Å². The lowest BCUT2D eigenvalue weighted by Crippen LogP contribution is -3.23. The van der Waals surface area contributed by atoms with Crippen LogP contribution in [0.5, 0.6) is 0 Å². The molecule has 25 heavy (non-hydrogen) atoms. The molecule has 1 aliphatic carbocycles. The number of thiocarbonyl (C=S) groups is 1. The molecule has 1 heterocycles. The summed E-state index contributed by atoms with van der Waals surface area (Å²) in [6.07, 6.45) is 6.63. The molecule has 5 heteroatoms. The lowest BCUT2D eigenvalue weighted by atomic mass is 9.80. The minimum absolute atomic E-state index is 0.315. The maximum absolute atomic E-state index is 5.60. The van der Waals surface area contributed by atoms with Gasteiger partial charge in [0.15, 0.2) is 5.11 Å². The average Bonchev–Trinajstić information content (AvgIpc) is 2.65. The van der Waals surface area contributed by atoms with Crippen LogP contribution >= 0.6 is 12.2 Å². The van der Waals surface area contributed by atoms with E-state index in [0.29, 0.717) is 5.54 Å². The predicted molar refractivity (Wildman–Crippen MR) is 107 cm³/mol. The van der Waals surface area contributed by atoms with E-state index in [1.54, 1.807) is 4.90 Å².